The zero-order valence-electron chi connectivity index (χ0n) is 19.1. The van der Waals surface area contributed by atoms with Crippen molar-refractivity contribution in [2.45, 2.75) is 19.9 Å². The molecule has 1 aromatic heterocycles. The van der Waals surface area contributed by atoms with Crippen molar-refractivity contribution in [3.63, 3.8) is 0 Å². The van der Waals surface area contributed by atoms with E-state index in [2.05, 4.69) is 10.5 Å². The highest BCUT2D eigenvalue weighted by Crippen LogP contribution is 2.39. The van der Waals surface area contributed by atoms with Crippen LogP contribution in [0, 0.1) is 6.92 Å². The number of nitrogens with one attached hydrogen (secondary N) is 1. The maximum Gasteiger partial charge on any atom is 0.258 e. The molecule has 0 saturated carbocycles. The fourth-order valence-electron chi connectivity index (χ4n) is 4.11. The number of hydrogen-bond acceptors (Lipinski definition) is 5. The number of allylic oxidation sites excluding steroid dienone is 1. The molecule has 0 radical (unpaired) electrons. The maximum absolute atomic E-state index is 5.82. The van der Waals surface area contributed by atoms with Crippen LogP contribution >= 0.6 is 12.2 Å². The average molecular weight is 469 g/mol. The van der Waals surface area contributed by atoms with E-state index in [0.29, 0.717) is 16.8 Å². The van der Waals surface area contributed by atoms with Crippen LogP contribution in [0.15, 0.2) is 89.1 Å². The van der Waals surface area contributed by atoms with Gasteiger partial charge in [0.2, 0.25) is 5.82 Å². The number of rotatable bonds is 5. The van der Waals surface area contributed by atoms with E-state index in [1.807, 2.05) is 97.6 Å². The summed E-state index contributed by atoms with van der Waals surface area (Å²) < 4.78 is 11.2. The first-order chi connectivity index (χ1) is 16.5. The molecule has 170 valence electrons. The SMILES string of the molecule is COc1ccc(C2NC(=S)N(c3ccccc3)C(C)=C2c2nc(-c3ccc(C)cc3)no2)cc1. The van der Waals surface area contributed by atoms with Gasteiger partial charge in [-0.15, -0.1) is 0 Å². The Hall–Kier alpha value is -3.97. The van der Waals surface area contributed by atoms with Crippen molar-refractivity contribution in [1.29, 1.82) is 0 Å². The standard InChI is InChI=1S/C27H24N4O2S/c1-17-9-11-20(12-10-17)25-29-26(33-30-25)23-18(2)31(21-7-5-4-6-8-21)27(34)28-24(23)19-13-15-22(32-3)16-14-19/h4-16,24H,1-3H3,(H,28,34). The van der Waals surface area contributed by atoms with Crippen LogP contribution in [0.1, 0.15) is 30.0 Å². The summed E-state index contributed by atoms with van der Waals surface area (Å²) in [5.74, 6) is 1.78. The summed E-state index contributed by atoms with van der Waals surface area (Å²) in [5.41, 5.74) is 5.85. The zero-order valence-corrected chi connectivity index (χ0v) is 20.0. The summed E-state index contributed by atoms with van der Waals surface area (Å²) in [6.45, 7) is 4.08. The van der Waals surface area contributed by atoms with Crippen molar-refractivity contribution in [1.82, 2.24) is 15.5 Å². The molecule has 1 aliphatic heterocycles. The summed E-state index contributed by atoms with van der Waals surface area (Å²) >= 11 is 5.80. The molecule has 34 heavy (non-hydrogen) atoms. The van der Waals surface area contributed by atoms with E-state index < -0.39 is 0 Å². The first-order valence-corrected chi connectivity index (χ1v) is 11.4. The molecule has 7 heteroatoms. The topological polar surface area (TPSA) is 63.4 Å². The van der Waals surface area contributed by atoms with Crippen LogP contribution < -0.4 is 15.0 Å². The molecule has 1 N–H and O–H groups in total. The maximum atomic E-state index is 5.82. The summed E-state index contributed by atoms with van der Waals surface area (Å²) in [6, 6.07) is 25.7. The molecule has 0 amide bonds. The Bertz CT molecular complexity index is 1350. The molecule has 1 atom stereocenters. The van der Waals surface area contributed by atoms with E-state index in [0.717, 1.165) is 33.8 Å². The van der Waals surface area contributed by atoms with E-state index in [4.69, 9.17) is 26.5 Å². The minimum atomic E-state index is -0.260. The van der Waals surface area contributed by atoms with Crippen LogP contribution in [0.2, 0.25) is 0 Å². The van der Waals surface area contributed by atoms with Crippen LogP contribution in [0.3, 0.4) is 0 Å². The van der Waals surface area contributed by atoms with Crippen LogP contribution in [0.25, 0.3) is 17.0 Å². The van der Waals surface area contributed by atoms with Crippen molar-refractivity contribution in [3.05, 3.63) is 102 Å². The predicted molar refractivity (Wildman–Crippen MR) is 137 cm³/mol. The number of ether oxygens (including phenoxy) is 1. The third-order valence-corrected chi connectivity index (χ3v) is 6.21. The average Bonchev–Trinajstić information content (AvgIpc) is 3.34. The number of nitrogens with zero attached hydrogens (tertiary/aromatic N) is 3. The Morgan fingerprint density at radius 3 is 2.32 bits per heavy atom. The van der Waals surface area contributed by atoms with E-state index in [9.17, 15) is 0 Å². The van der Waals surface area contributed by atoms with E-state index in [-0.39, 0.29) is 6.04 Å². The van der Waals surface area contributed by atoms with Gasteiger partial charge in [-0.25, -0.2) is 0 Å². The van der Waals surface area contributed by atoms with Crippen LogP contribution in [0.4, 0.5) is 5.69 Å². The molecule has 0 fully saturated rings. The fraction of sp³-hybridized carbons (Fsp3) is 0.148. The Morgan fingerprint density at radius 2 is 1.65 bits per heavy atom. The van der Waals surface area contributed by atoms with E-state index in [1.165, 1.54) is 5.56 Å². The van der Waals surface area contributed by atoms with Gasteiger partial charge in [0.25, 0.3) is 5.89 Å². The Morgan fingerprint density at radius 1 is 0.941 bits per heavy atom. The molecule has 0 saturated heterocycles. The van der Waals surface area contributed by atoms with Crippen LogP contribution in [-0.2, 0) is 0 Å². The first-order valence-electron chi connectivity index (χ1n) is 11.0. The number of anilines is 1. The van der Waals surface area contributed by atoms with Crippen LogP contribution in [0.5, 0.6) is 5.75 Å². The van der Waals surface area contributed by atoms with Crippen LogP contribution in [-0.4, -0.2) is 22.4 Å². The number of para-hydroxylation sites is 1. The second kappa shape index (κ2) is 9.11. The van der Waals surface area contributed by atoms with Crippen molar-refractivity contribution in [3.8, 4) is 17.1 Å². The van der Waals surface area contributed by atoms with E-state index >= 15 is 0 Å². The molecule has 6 nitrogen and oxygen atoms in total. The summed E-state index contributed by atoms with van der Waals surface area (Å²) in [4.78, 5) is 6.78. The lowest BCUT2D eigenvalue weighted by molar-refractivity contribution is 0.404. The van der Waals surface area contributed by atoms with Crippen molar-refractivity contribution >= 4 is 28.6 Å². The smallest absolute Gasteiger partial charge is 0.258 e. The van der Waals surface area contributed by atoms with Gasteiger partial charge in [0.1, 0.15) is 5.75 Å². The molecule has 5 rings (SSSR count). The number of methoxy groups -OCH3 is 1. The predicted octanol–water partition coefficient (Wildman–Crippen LogP) is 5.92. The molecule has 0 spiro atoms. The number of thiocarbonyl (C=S) groups is 1. The van der Waals surface area contributed by atoms with Crippen molar-refractivity contribution in [2.24, 2.45) is 0 Å². The molecule has 0 aliphatic carbocycles. The summed E-state index contributed by atoms with van der Waals surface area (Å²) in [6.07, 6.45) is 0. The second-order valence-corrected chi connectivity index (χ2v) is 8.50. The lowest BCUT2D eigenvalue weighted by Crippen LogP contribution is -2.46. The second-order valence-electron chi connectivity index (χ2n) is 8.11. The molecule has 3 aromatic carbocycles. The van der Waals surface area contributed by atoms with Gasteiger partial charge < -0.3 is 14.6 Å². The third-order valence-electron chi connectivity index (χ3n) is 5.91. The van der Waals surface area contributed by atoms with Gasteiger partial charge in [-0.1, -0.05) is 65.3 Å². The highest BCUT2D eigenvalue weighted by molar-refractivity contribution is 7.80. The zero-order chi connectivity index (χ0) is 23.7. The molecular weight excluding hydrogens is 444 g/mol. The minimum absolute atomic E-state index is 0.260. The summed E-state index contributed by atoms with van der Waals surface area (Å²) in [5, 5.41) is 8.37. The third kappa shape index (κ3) is 4.06. The fourth-order valence-corrected chi connectivity index (χ4v) is 4.47. The van der Waals surface area contributed by atoms with Gasteiger partial charge >= 0.3 is 0 Å². The first kappa shape index (κ1) is 21.9. The van der Waals surface area contributed by atoms with Crippen molar-refractivity contribution in [2.75, 3.05) is 12.0 Å². The lowest BCUT2D eigenvalue weighted by Gasteiger charge is -2.37. The van der Waals surface area contributed by atoms with Crippen molar-refractivity contribution < 1.29 is 9.26 Å². The Balaban J connectivity index is 1.63. The molecule has 4 aromatic rings. The molecule has 0 bridgehead atoms. The largest absolute Gasteiger partial charge is 0.497 e. The van der Waals surface area contributed by atoms with Gasteiger partial charge in [0, 0.05) is 16.9 Å². The normalized spacial score (nSPS) is 15.9. The molecule has 1 aliphatic rings. The number of hydrogen-bond donors (Lipinski definition) is 1. The van der Waals surface area contributed by atoms with Gasteiger partial charge in [0.15, 0.2) is 5.11 Å². The highest BCUT2D eigenvalue weighted by atomic mass is 32.1. The minimum Gasteiger partial charge on any atom is -0.497 e. The highest BCUT2D eigenvalue weighted by Gasteiger charge is 2.34. The van der Waals surface area contributed by atoms with Gasteiger partial charge in [0.05, 0.1) is 18.7 Å². The van der Waals surface area contributed by atoms with Gasteiger partial charge in [-0.3, -0.25) is 4.90 Å². The van der Waals surface area contributed by atoms with Gasteiger partial charge in [-0.2, -0.15) is 4.98 Å². The number of aromatic nitrogens is 2. The Labute approximate surface area is 203 Å². The molecule has 2 heterocycles. The quantitative estimate of drug-likeness (QED) is 0.365. The number of aryl methyl sites for hydroxylation is 1. The van der Waals surface area contributed by atoms with Gasteiger partial charge in [-0.05, 0) is 55.9 Å². The molecule has 1 unspecified atom stereocenters. The number of benzene rings is 3. The molecular formula is C27H24N4O2S. The Kier molecular flexibility index (Phi) is 5.86. The van der Waals surface area contributed by atoms with E-state index in [1.54, 1.807) is 7.11 Å². The lowest BCUT2D eigenvalue weighted by atomic mass is 9.94. The monoisotopic (exact) mass is 468 g/mol. The summed E-state index contributed by atoms with van der Waals surface area (Å²) in [7, 11) is 1.65.